The number of hydrogen-bond acceptors (Lipinski definition) is 2. The zero-order valence-electron chi connectivity index (χ0n) is 12.2. The van der Waals surface area contributed by atoms with Crippen LogP contribution in [0.2, 0.25) is 0 Å². The van der Waals surface area contributed by atoms with Crippen LogP contribution in [0.3, 0.4) is 0 Å². The lowest BCUT2D eigenvalue weighted by atomic mass is 9.56. The Balaban J connectivity index is 1.70. The maximum Gasteiger partial charge on any atom is 0.115 e. The first-order valence-corrected chi connectivity index (χ1v) is 8.07. The molecular weight excluding hydrogens is 248 g/mol. The maximum atomic E-state index is 10.1. The lowest BCUT2D eigenvalue weighted by Crippen LogP contribution is -2.39. The Morgan fingerprint density at radius 1 is 1.25 bits per heavy atom. The van der Waals surface area contributed by atoms with E-state index in [0.29, 0.717) is 23.0 Å². The van der Waals surface area contributed by atoms with E-state index in [1.165, 1.54) is 30.4 Å². The van der Waals surface area contributed by atoms with Crippen LogP contribution in [0, 0.1) is 17.3 Å². The Labute approximate surface area is 120 Å². The van der Waals surface area contributed by atoms with E-state index in [1.807, 2.05) is 12.1 Å². The molecule has 4 rings (SSSR count). The van der Waals surface area contributed by atoms with Crippen molar-refractivity contribution < 1.29 is 10.2 Å². The highest BCUT2D eigenvalue weighted by atomic mass is 16.3. The Bertz CT molecular complexity index is 538. The lowest BCUT2D eigenvalue weighted by Gasteiger charge is -2.49. The van der Waals surface area contributed by atoms with Gasteiger partial charge in [-0.05, 0) is 85.0 Å². The fourth-order valence-electron chi connectivity index (χ4n) is 5.59. The van der Waals surface area contributed by atoms with Crippen LogP contribution in [0.15, 0.2) is 18.2 Å². The van der Waals surface area contributed by atoms with Crippen molar-refractivity contribution in [3.63, 3.8) is 0 Å². The zero-order chi connectivity index (χ0) is 13.9. The van der Waals surface area contributed by atoms with Crippen LogP contribution < -0.4 is 0 Å². The van der Waals surface area contributed by atoms with E-state index in [0.717, 1.165) is 25.2 Å². The molecule has 2 fully saturated rings. The summed E-state index contributed by atoms with van der Waals surface area (Å²) < 4.78 is 0. The van der Waals surface area contributed by atoms with E-state index in [2.05, 4.69) is 13.0 Å². The zero-order valence-corrected chi connectivity index (χ0v) is 12.2. The van der Waals surface area contributed by atoms with Gasteiger partial charge in [0.2, 0.25) is 0 Å². The molecule has 0 spiro atoms. The first kappa shape index (κ1) is 12.7. The molecule has 2 heteroatoms. The van der Waals surface area contributed by atoms with Crippen LogP contribution in [0.1, 0.15) is 56.1 Å². The van der Waals surface area contributed by atoms with Crippen molar-refractivity contribution in [3.05, 3.63) is 29.3 Å². The minimum atomic E-state index is -0.0787. The summed E-state index contributed by atoms with van der Waals surface area (Å²) in [6.07, 6.45) is 6.75. The van der Waals surface area contributed by atoms with Crippen LogP contribution >= 0.6 is 0 Å². The minimum Gasteiger partial charge on any atom is -0.508 e. The summed E-state index contributed by atoms with van der Waals surface area (Å²) in [6.45, 7) is 2.40. The first-order valence-electron chi connectivity index (χ1n) is 8.07. The molecule has 3 aliphatic rings. The average molecular weight is 272 g/mol. The van der Waals surface area contributed by atoms with E-state index in [1.54, 1.807) is 0 Å². The van der Waals surface area contributed by atoms with Gasteiger partial charge in [-0.15, -0.1) is 0 Å². The van der Waals surface area contributed by atoms with Crippen molar-refractivity contribution in [2.24, 2.45) is 17.3 Å². The summed E-state index contributed by atoms with van der Waals surface area (Å²) in [5, 5.41) is 19.8. The highest BCUT2D eigenvalue weighted by Gasteiger charge is 2.52. The normalized spacial score (nSPS) is 42.7. The fraction of sp³-hybridized carbons (Fsp3) is 0.667. The van der Waals surface area contributed by atoms with Crippen molar-refractivity contribution in [1.29, 1.82) is 0 Å². The lowest BCUT2D eigenvalue weighted by molar-refractivity contribution is 0.0596. The van der Waals surface area contributed by atoms with E-state index < -0.39 is 0 Å². The smallest absolute Gasteiger partial charge is 0.115 e. The van der Waals surface area contributed by atoms with Crippen molar-refractivity contribution >= 4 is 0 Å². The first-order chi connectivity index (χ1) is 9.57. The summed E-state index contributed by atoms with van der Waals surface area (Å²) in [5.41, 5.74) is 3.20. The molecule has 3 aliphatic carbocycles. The largest absolute Gasteiger partial charge is 0.508 e. The van der Waals surface area contributed by atoms with Crippen LogP contribution in [0.25, 0.3) is 0 Å². The molecule has 0 saturated heterocycles. The van der Waals surface area contributed by atoms with Gasteiger partial charge in [0.1, 0.15) is 5.75 Å². The number of aliphatic hydroxyl groups is 1. The van der Waals surface area contributed by atoms with Gasteiger partial charge in [0.15, 0.2) is 0 Å². The second-order valence-corrected chi connectivity index (χ2v) is 7.58. The van der Waals surface area contributed by atoms with Gasteiger partial charge in [-0.25, -0.2) is 0 Å². The molecule has 0 heterocycles. The standard InChI is InChI=1S/C18H24O2/c1-18-7-6-15-14-5-3-12(19)8-11(14)2-4-16(15)17(18)9-13(20)10-18/h3,5,8,13,15-17,19-20H,2,4,6-7,9-10H2,1H3/t13-,15+,16+,17-,18-/m0/s1. The number of benzene rings is 1. The number of hydrogen-bond donors (Lipinski definition) is 2. The van der Waals surface area contributed by atoms with Gasteiger partial charge in [0, 0.05) is 0 Å². The molecule has 0 amide bonds. The van der Waals surface area contributed by atoms with Gasteiger partial charge >= 0.3 is 0 Å². The molecule has 0 radical (unpaired) electrons. The van der Waals surface area contributed by atoms with E-state index in [4.69, 9.17) is 0 Å². The predicted octanol–water partition coefficient (Wildman–Crippen LogP) is 3.61. The number of aromatic hydroxyl groups is 1. The Morgan fingerprint density at radius 3 is 2.95 bits per heavy atom. The van der Waals surface area contributed by atoms with Crippen LogP contribution in [0.5, 0.6) is 5.75 Å². The summed E-state index contributed by atoms with van der Waals surface area (Å²) in [4.78, 5) is 0. The summed E-state index contributed by atoms with van der Waals surface area (Å²) in [5.74, 6) is 2.49. The molecule has 2 nitrogen and oxygen atoms in total. The summed E-state index contributed by atoms with van der Waals surface area (Å²) in [6, 6.07) is 5.96. The van der Waals surface area contributed by atoms with Gasteiger partial charge in [-0.2, -0.15) is 0 Å². The Hall–Kier alpha value is -1.02. The highest BCUT2D eigenvalue weighted by Crippen LogP contribution is 2.60. The molecule has 0 aromatic heterocycles. The van der Waals surface area contributed by atoms with Crippen molar-refractivity contribution in [1.82, 2.24) is 0 Å². The molecular formula is C18H24O2. The SMILES string of the molecule is C[C@@]12CC[C@@H]3c4ccc(O)cc4CC[C@H]3[C@@H]1C[C@H](O)C2. The molecule has 0 aliphatic heterocycles. The van der Waals surface area contributed by atoms with Crippen molar-refractivity contribution in [3.8, 4) is 5.75 Å². The molecule has 1 aromatic rings. The van der Waals surface area contributed by atoms with Crippen molar-refractivity contribution in [2.45, 2.75) is 57.5 Å². The summed E-state index contributed by atoms with van der Waals surface area (Å²) >= 11 is 0. The second kappa shape index (κ2) is 4.24. The maximum absolute atomic E-state index is 10.1. The van der Waals surface area contributed by atoms with E-state index in [9.17, 15) is 10.2 Å². The summed E-state index contributed by atoms with van der Waals surface area (Å²) in [7, 11) is 0. The van der Waals surface area contributed by atoms with Crippen LogP contribution in [0.4, 0.5) is 0 Å². The van der Waals surface area contributed by atoms with Crippen LogP contribution in [-0.2, 0) is 6.42 Å². The van der Waals surface area contributed by atoms with Crippen LogP contribution in [-0.4, -0.2) is 16.3 Å². The monoisotopic (exact) mass is 272 g/mol. The number of phenols is 1. The second-order valence-electron chi connectivity index (χ2n) is 7.58. The van der Waals surface area contributed by atoms with Gasteiger partial charge in [0.05, 0.1) is 6.10 Å². The van der Waals surface area contributed by atoms with Gasteiger partial charge < -0.3 is 10.2 Å². The molecule has 0 unspecified atom stereocenters. The van der Waals surface area contributed by atoms with E-state index >= 15 is 0 Å². The average Bonchev–Trinajstić information content (AvgIpc) is 2.72. The predicted molar refractivity (Wildman–Crippen MR) is 78.7 cm³/mol. The molecule has 1 aromatic carbocycles. The van der Waals surface area contributed by atoms with Crippen molar-refractivity contribution in [2.75, 3.05) is 0 Å². The Kier molecular flexibility index (Phi) is 2.69. The number of aliphatic hydroxyl groups excluding tert-OH is 1. The molecule has 5 atom stereocenters. The molecule has 108 valence electrons. The minimum absolute atomic E-state index is 0.0787. The number of rotatable bonds is 0. The molecule has 0 bridgehead atoms. The number of aryl methyl sites for hydroxylation is 1. The third kappa shape index (κ3) is 1.74. The topological polar surface area (TPSA) is 40.5 Å². The van der Waals surface area contributed by atoms with Gasteiger partial charge in [-0.3, -0.25) is 0 Å². The third-order valence-corrected chi connectivity index (χ3v) is 6.46. The van der Waals surface area contributed by atoms with Gasteiger partial charge in [0.25, 0.3) is 0 Å². The Morgan fingerprint density at radius 2 is 2.10 bits per heavy atom. The molecule has 2 N–H and O–H groups in total. The quantitative estimate of drug-likeness (QED) is 0.757. The number of phenolic OH excluding ortho intramolecular Hbond substituents is 1. The molecule has 2 saturated carbocycles. The third-order valence-electron chi connectivity index (χ3n) is 6.46. The molecule has 20 heavy (non-hydrogen) atoms. The number of fused-ring (bicyclic) bond motifs is 5. The fourth-order valence-corrected chi connectivity index (χ4v) is 5.59. The van der Waals surface area contributed by atoms with Gasteiger partial charge in [-0.1, -0.05) is 13.0 Å². The van der Waals surface area contributed by atoms with E-state index in [-0.39, 0.29) is 6.10 Å². The highest BCUT2D eigenvalue weighted by molar-refractivity contribution is 5.40.